The lowest BCUT2D eigenvalue weighted by Crippen LogP contribution is -2.32. The molecular weight excluding hydrogens is 380 g/mol. The third kappa shape index (κ3) is 3.84. The molecule has 2 aromatic carbocycles. The molecule has 0 bridgehead atoms. The molecule has 3 aromatic rings. The quantitative estimate of drug-likeness (QED) is 0.661. The molecule has 144 valence electrons. The van der Waals surface area contributed by atoms with Gasteiger partial charge in [-0.05, 0) is 55.5 Å². The van der Waals surface area contributed by atoms with E-state index in [2.05, 4.69) is 9.98 Å². The predicted molar refractivity (Wildman–Crippen MR) is 112 cm³/mol. The summed E-state index contributed by atoms with van der Waals surface area (Å²) < 4.78 is 1.00. The zero-order valence-corrected chi connectivity index (χ0v) is 16.4. The van der Waals surface area contributed by atoms with Gasteiger partial charge in [0.05, 0.1) is 17.1 Å². The molecular formula is C20H19ClN4O3. The van der Waals surface area contributed by atoms with Crippen molar-refractivity contribution in [1.82, 2.24) is 9.55 Å². The number of nitrogens with zero attached hydrogens (tertiary/aromatic N) is 3. The van der Waals surface area contributed by atoms with Crippen LogP contribution in [-0.2, 0) is 0 Å². The Morgan fingerprint density at radius 2 is 1.68 bits per heavy atom. The predicted octanol–water partition coefficient (Wildman–Crippen LogP) is 3.09. The van der Waals surface area contributed by atoms with Crippen molar-refractivity contribution in [3.8, 4) is 11.6 Å². The summed E-state index contributed by atoms with van der Waals surface area (Å²) in [7, 11) is 3.86. The first-order valence-electron chi connectivity index (χ1n) is 8.45. The van der Waals surface area contributed by atoms with Crippen LogP contribution in [0.2, 0.25) is 5.02 Å². The third-order valence-corrected chi connectivity index (χ3v) is 4.45. The first-order chi connectivity index (χ1) is 13.3. The summed E-state index contributed by atoms with van der Waals surface area (Å²) in [6.07, 6.45) is 0. The van der Waals surface area contributed by atoms with Crippen LogP contribution in [0, 0.1) is 0 Å². The van der Waals surface area contributed by atoms with Gasteiger partial charge in [0.2, 0.25) is 5.88 Å². The number of aromatic amines is 1. The summed E-state index contributed by atoms with van der Waals surface area (Å²) in [6, 6.07) is 13.7. The number of nitrogens with one attached hydrogen (secondary N) is 1. The number of aromatic hydroxyl groups is 1. The van der Waals surface area contributed by atoms with Crippen LogP contribution in [0.5, 0.6) is 5.88 Å². The number of hydrogen-bond acceptors (Lipinski definition) is 5. The second-order valence-electron chi connectivity index (χ2n) is 6.38. The smallest absolute Gasteiger partial charge is 0.335 e. The van der Waals surface area contributed by atoms with E-state index < -0.39 is 17.1 Å². The number of aromatic nitrogens is 2. The second-order valence-corrected chi connectivity index (χ2v) is 6.81. The molecule has 0 aliphatic rings. The minimum absolute atomic E-state index is 0.0776. The number of halogens is 1. The summed E-state index contributed by atoms with van der Waals surface area (Å²) in [4.78, 5) is 33.2. The minimum atomic E-state index is -0.753. The highest BCUT2D eigenvalue weighted by Crippen LogP contribution is 2.22. The van der Waals surface area contributed by atoms with Crippen molar-refractivity contribution in [3.63, 3.8) is 0 Å². The van der Waals surface area contributed by atoms with Gasteiger partial charge in [-0.2, -0.15) is 0 Å². The summed E-state index contributed by atoms with van der Waals surface area (Å²) in [6.45, 7) is 1.60. The topological polar surface area (TPSA) is 90.7 Å². The molecule has 0 fully saturated rings. The molecule has 0 aliphatic carbocycles. The number of hydrogen-bond donors (Lipinski definition) is 2. The van der Waals surface area contributed by atoms with Crippen molar-refractivity contribution in [2.75, 3.05) is 19.0 Å². The summed E-state index contributed by atoms with van der Waals surface area (Å²) in [5, 5.41) is 11.1. The van der Waals surface area contributed by atoms with E-state index in [-0.39, 0.29) is 11.3 Å². The molecule has 0 amide bonds. The number of H-pyrrole nitrogens is 1. The monoisotopic (exact) mass is 398 g/mol. The number of anilines is 1. The highest BCUT2D eigenvalue weighted by Gasteiger charge is 2.18. The van der Waals surface area contributed by atoms with E-state index in [0.29, 0.717) is 16.4 Å². The SMILES string of the molecule is CC(=Nc1ccc(N(C)C)cc1)c1c(O)n(-c2ccc(Cl)cc2)c(=O)[nH]c1=O. The Balaban J connectivity index is 2.10. The molecule has 8 heteroatoms. The maximum absolute atomic E-state index is 12.3. The van der Waals surface area contributed by atoms with Gasteiger partial charge in [-0.25, -0.2) is 9.36 Å². The van der Waals surface area contributed by atoms with Crippen LogP contribution in [0.15, 0.2) is 63.1 Å². The van der Waals surface area contributed by atoms with Crippen molar-refractivity contribution >= 4 is 28.7 Å². The summed E-state index contributed by atoms with van der Waals surface area (Å²) >= 11 is 5.88. The van der Waals surface area contributed by atoms with Crippen molar-refractivity contribution < 1.29 is 5.11 Å². The molecule has 7 nitrogen and oxygen atoms in total. The lowest BCUT2D eigenvalue weighted by molar-refractivity contribution is 0.430. The normalized spacial score (nSPS) is 11.5. The van der Waals surface area contributed by atoms with Crippen LogP contribution in [0.4, 0.5) is 11.4 Å². The number of aliphatic imine (C=N–C) groups is 1. The van der Waals surface area contributed by atoms with E-state index in [0.717, 1.165) is 10.3 Å². The fourth-order valence-corrected chi connectivity index (χ4v) is 2.88. The molecule has 1 heterocycles. The zero-order chi connectivity index (χ0) is 20.4. The third-order valence-electron chi connectivity index (χ3n) is 4.20. The van der Waals surface area contributed by atoms with Gasteiger partial charge in [0.15, 0.2) is 0 Å². The molecule has 0 saturated carbocycles. The average molecular weight is 399 g/mol. The van der Waals surface area contributed by atoms with Crippen molar-refractivity contribution in [1.29, 1.82) is 0 Å². The van der Waals surface area contributed by atoms with Crippen LogP contribution in [-0.4, -0.2) is 34.5 Å². The van der Waals surface area contributed by atoms with Gasteiger partial charge >= 0.3 is 5.69 Å². The molecule has 0 spiro atoms. The Morgan fingerprint density at radius 1 is 1.07 bits per heavy atom. The van der Waals surface area contributed by atoms with E-state index in [1.165, 1.54) is 0 Å². The first-order valence-corrected chi connectivity index (χ1v) is 8.83. The average Bonchev–Trinajstić information content (AvgIpc) is 2.63. The Kier molecular flexibility index (Phi) is 5.37. The van der Waals surface area contributed by atoms with Crippen LogP contribution in [0.3, 0.4) is 0 Å². The molecule has 1 aromatic heterocycles. The molecule has 0 saturated heterocycles. The van der Waals surface area contributed by atoms with Crippen LogP contribution >= 0.6 is 11.6 Å². The van der Waals surface area contributed by atoms with E-state index in [1.807, 2.05) is 31.1 Å². The standard InChI is InChI=1S/C20H19ClN4O3/c1-12(22-14-6-10-15(11-7-14)24(2)3)17-18(26)23-20(28)25(19(17)27)16-8-4-13(21)5-9-16/h4-11,27H,1-3H3,(H,23,26,28). The fourth-order valence-electron chi connectivity index (χ4n) is 2.76. The largest absolute Gasteiger partial charge is 0.493 e. The highest BCUT2D eigenvalue weighted by molar-refractivity contribution is 6.30. The Hall–Kier alpha value is -3.32. The lowest BCUT2D eigenvalue weighted by atomic mass is 10.2. The van der Waals surface area contributed by atoms with E-state index >= 15 is 0 Å². The Labute approximate surface area is 166 Å². The molecule has 0 atom stereocenters. The highest BCUT2D eigenvalue weighted by atomic mass is 35.5. The number of benzene rings is 2. The molecule has 28 heavy (non-hydrogen) atoms. The van der Waals surface area contributed by atoms with Crippen LogP contribution in [0.1, 0.15) is 12.5 Å². The van der Waals surface area contributed by atoms with Gasteiger partial charge in [-0.3, -0.25) is 14.8 Å². The van der Waals surface area contributed by atoms with E-state index in [4.69, 9.17) is 11.6 Å². The summed E-state index contributed by atoms with van der Waals surface area (Å²) in [5.41, 5.74) is 0.730. The molecule has 3 rings (SSSR count). The van der Waals surface area contributed by atoms with Gasteiger partial charge in [0.1, 0.15) is 5.56 Å². The van der Waals surface area contributed by atoms with Crippen molar-refractivity contribution in [2.24, 2.45) is 4.99 Å². The van der Waals surface area contributed by atoms with Crippen molar-refractivity contribution in [2.45, 2.75) is 6.92 Å². The van der Waals surface area contributed by atoms with Gasteiger partial charge in [-0.15, -0.1) is 0 Å². The summed E-state index contributed by atoms with van der Waals surface area (Å²) in [5.74, 6) is -0.484. The molecule has 0 aliphatic heterocycles. The van der Waals surface area contributed by atoms with Gasteiger partial charge in [0.25, 0.3) is 5.56 Å². The number of rotatable bonds is 4. The Bertz CT molecular complexity index is 1140. The molecule has 0 unspecified atom stereocenters. The molecule has 0 radical (unpaired) electrons. The Morgan fingerprint density at radius 3 is 2.25 bits per heavy atom. The second kappa shape index (κ2) is 7.74. The molecule has 2 N–H and O–H groups in total. The zero-order valence-electron chi connectivity index (χ0n) is 15.6. The van der Waals surface area contributed by atoms with E-state index in [1.54, 1.807) is 43.3 Å². The van der Waals surface area contributed by atoms with Crippen LogP contribution in [0.25, 0.3) is 5.69 Å². The van der Waals surface area contributed by atoms with Gasteiger partial charge in [-0.1, -0.05) is 11.6 Å². The van der Waals surface area contributed by atoms with Crippen LogP contribution < -0.4 is 16.1 Å². The minimum Gasteiger partial charge on any atom is -0.493 e. The lowest BCUT2D eigenvalue weighted by Gasteiger charge is -2.13. The van der Waals surface area contributed by atoms with Crippen molar-refractivity contribution in [3.05, 3.63) is 80.0 Å². The fraction of sp³-hybridized carbons (Fsp3) is 0.150. The first kappa shape index (κ1) is 19.4. The van der Waals surface area contributed by atoms with Gasteiger partial charge in [0, 0.05) is 24.8 Å². The maximum Gasteiger partial charge on any atom is 0.335 e. The van der Waals surface area contributed by atoms with E-state index in [9.17, 15) is 14.7 Å². The maximum atomic E-state index is 12.3. The van der Waals surface area contributed by atoms with Gasteiger partial charge < -0.3 is 10.0 Å².